The first-order valence-corrected chi connectivity index (χ1v) is 11.8. The second-order valence-electron chi connectivity index (χ2n) is 8.12. The highest BCUT2D eigenvalue weighted by molar-refractivity contribution is 7.99. The van der Waals surface area contributed by atoms with Gasteiger partial charge in [0.2, 0.25) is 5.91 Å². The van der Waals surface area contributed by atoms with Crippen LogP contribution in [0.25, 0.3) is 0 Å². The molecular formula is C20H37N3O5S. The highest BCUT2D eigenvalue weighted by Crippen LogP contribution is 2.30. The van der Waals surface area contributed by atoms with Crippen molar-refractivity contribution in [2.45, 2.75) is 82.0 Å². The normalized spacial score (nSPS) is 37.5. The van der Waals surface area contributed by atoms with E-state index in [0.717, 1.165) is 25.8 Å². The fourth-order valence-corrected chi connectivity index (χ4v) is 5.07. The largest absolute Gasteiger partial charge is 0.387 e. The van der Waals surface area contributed by atoms with Crippen LogP contribution in [0, 0.1) is 5.92 Å². The van der Waals surface area contributed by atoms with E-state index >= 15 is 0 Å². The van der Waals surface area contributed by atoms with Crippen molar-refractivity contribution in [1.82, 2.24) is 10.2 Å². The van der Waals surface area contributed by atoms with E-state index in [1.165, 1.54) is 11.8 Å². The summed E-state index contributed by atoms with van der Waals surface area (Å²) in [7, 11) is 1.96. The quantitative estimate of drug-likeness (QED) is 0.407. The number of nitrogens with one attached hydrogen (secondary N) is 1. The average Bonchev–Trinajstić information content (AvgIpc) is 3.05. The van der Waals surface area contributed by atoms with Gasteiger partial charge in [-0.2, -0.15) is 0 Å². The summed E-state index contributed by atoms with van der Waals surface area (Å²) in [6.45, 7) is 7.25. The van der Waals surface area contributed by atoms with Gasteiger partial charge in [0, 0.05) is 18.8 Å². The average molecular weight is 432 g/mol. The van der Waals surface area contributed by atoms with Gasteiger partial charge in [-0.05, 0) is 45.9 Å². The fourth-order valence-electron chi connectivity index (χ4n) is 4.39. The van der Waals surface area contributed by atoms with E-state index in [2.05, 4.69) is 22.1 Å². The van der Waals surface area contributed by atoms with Crippen LogP contribution in [0.5, 0.6) is 0 Å². The second-order valence-corrected chi connectivity index (χ2v) is 9.06. The number of hydrogen-bond donors (Lipinski definition) is 4. The van der Waals surface area contributed by atoms with Gasteiger partial charge >= 0.3 is 0 Å². The monoisotopic (exact) mass is 431 g/mol. The molecule has 8 nitrogen and oxygen atoms in total. The molecule has 29 heavy (non-hydrogen) atoms. The Morgan fingerprint density at radius 1 is 1.28 bits per heavy atom. The van der Waals surface area contributed by atoms with E-state index < -0.39 is 35.9 Å². The second kappa shape index (κ2) is 11.1. The molecule has 0 aliphatic carbocycles. The van der Waals surface area contributed by atoms with Gasteiger partial charge < -0.3 is 25.4 Å². The van der Waals surface area contributed by atoms with Crippen LogP contribution in [0.2, 0.25) is 0 Å². The Hall–Kier alpha value is -0.710. The molecule has 2 rings (SSSR count). The van der Waals surface area contributed by atoms with E-state index in [1.54, 1.807) is 13.2 Å². The summed E-state index contributed by atoms with van der Waals surface area (Å²) in [4.78, 5) is 19.6. The number of rotatable bonds is 8. The minimum absolute atomic E-state index is 0.126. The number of hydrogen-bond acceptors (Lipinski definition) is 8. The summed E-state index contributed by atoms with van der Waals surface area (Å²) in [6, 6.07) is -0.927. The molecule has 0 spiro atoms. The molecule has 2 aliphatic rings. The summed E-state index contributed by atoms with van der Waals surface area (Å²) in [5.74, 6) is 0.373. The van der Waals surface area contributed by atoms with Gasteiger partial charge in [-0.15, -0.1) is 11.8 Å². The number of nitrogens with zero attached hydrogens (tertiary/aromatic N) is 2. The summed E-state index contributed by atoms with van der Waals surface area (Å²) in [6.07, 6.45) is -0.0472. The molecule has 0 bridgehead atoms. The molecule has 8 atom stereocenters. The van der Waals surface area contributed by atoms with E-state index in [-0.39, 0.29) is 11.9 Å². The number of amides is 1. The van der Waals surface area contributed by atoms with E-state index in [4.69, 9.17) is 4.74 Å². The molecule has 2 heterocycles. The predicted molar refractivity (Wildman–Crippen MR) is 115 cm³/mol. The van der Waals surface area contributed by atoms with Gasteiger partial charge in [-0.25, -0.2) is 0 Å². The number of thioether (sulfide) groups is 1. The van der Waals surface area contributed by atoms with Crippen LogP contribution in [0.1, 0.15) is 40.0 Å². The molecular weight excluding hydrogens is 394 g/mol. The number of carbonyl (C=O) groups is 1. The summed E-state index contributed by atoms with van der Waals surface area (Å²) in [5.41, 5.74) is -0.0746. The Balaban J connectivity index is 2.20. The number of likely N-dealkylation sites (N-methyl/N-ethyl adjacent to an activating group) is 1. The van der Waals surface area contributed by atoms with Gasteiger partial charge in [0.15, 0.2) is 0 Å². The molecule has 168 valence electrons. The van der Waals surface area contributed by atoms with Crippen molar-refractivity contribution >= 4 is 23.4 Å². The number of ether oxygens (including phenoxy) is 1. The van der Waals surface area contributed by atoms with E-state index in [0.29, 0.717) is 18.2 Å². The van der Waals surface area contributed by atoms with Crippen LogP contribution in [-0.2, 0) is 9.53 Å². The first kappa shape index (κ1) is 24.6. The maximum absolute atomic E-state index is 13.1. The Bertz CT molecular complexity index is 576. The van der Waals surface area contributed by atoms with Crippen LogP contribution in [0.3, 0.4) is 0 Å². The third kappa shape index (κ3) is 5.71. The third-order valence-corrected chi connectivity index (χ3v) is 6.81. The van der Waals surface area contributed by atoms with Crippen molar-refractivity contribution in [2.75, 3.05) is 26.4 Å². The Morgan fingerprint density at radius 2 is 1.97 bits per heavy atom. The van der Waals surface area contributed by atoms with Crippen molar-refractivity contribution in [3.63, 3.8) is 0 Å². The lowest BCUT2D eigenvalue weighted by Gasteiger charge is -2.43. The van der Waals surface area contributed by atoms with Crippen molar-refractivity contribution in [3.8, 4) is 0 Å². The fraction of sp³-hybridized carbons (Fsp3) is 0.900. The van der Waals surface area contributed by atoms with Crippen LogP contribution in [0.4, 0.5) is 0 Å². The van der Waals surface area contributed by atoms with Crippen molar-refractivity contribution in [2.24, 2.45) is 10.9 Å². The third-order valence-electron chi connectivity index (χ3n) is 5.96. The highest BCUT2D eigenvalue weighted by Gasteiger charge is 2.48. The smallest absolute Gasteiger partial charge is 0.237 e. The zero-order chi connectivity index (χ0) is 21.7. The maximum Gasteiger partial charge on any atom is 0.237 e. The first-order chi connectivity index (χ1) is 13.7. The number of likely N-dealkylation sites (tertiary alicyclic amines) is 1. The van der Waals surface area contributed by atoms with E-state index in [9.17, 15) is 20.1 Å². The van der Waals surface area contributed by atoms with E-state index in [1.807, 2.05) is 14.0 Å². The molecule has 9 heteroatoms. The zero-order valence-electron chi connectivity index (χ0n) is 18.1. The summed E-state index contributed by atoms with van der Waals surface area (Å²) in [5, 5.41) is 34.1. The standard InChI is InChI=1S/C20H37N3O5S/c1-6-8-12-9-13(23(4)10-12)19(27)22-14(11(3)21-7-2)18-16(25)15(24)17(26)20(28-18)29-5/h12-18,20,24-26H,6-10H2,1-5H3,(H,22,27)/b21-11+/t12-,13?,14-,15+,16-,17-,18-,20-/m1/s1. The molecule has 0 saturated carbocycles. The van der Waals surface area contributed by atoms with Crippen molar-refractivity contribution in [3.05, 3.63) is 0 Å². The topological polar surface area (TPSA) is 115 Å². The molecule has 2 fully saturated rings. The molecule has 0 aromatic carbocycles. The maximum atomic E-state index is 13.1. The molecule has 0 aromatic rings. The zero-order valence-corrected chi connectivity index (χ0v) is 18.9. The van der Waals surface area contributed by atoms with Gasteiger partial charge in [-0.3, -0.25) is 14.7 Å². The van der Waals surface area contributed by atoms with Gasteiger partial charge in [0.1, 0.15) is 29.9 Å². The minimum atomic E-state index is -1.36. The van der Waals surface area contributed by atoms with Crippen molar-refractivity contribution < 1.29 is 24.9 Å². The molecule has 4 N–H and O–H groups in total. The lowest BCUT2D eigenvalue weighted by molar-refractivity contribution is -0.200. The molecule has 2 saturated heterocycles. The van der Waals surface area contributed by atoms with Crippen LogP contribution < -0.4 is 5.32 Å². The Kier molecular flexibility index (Phi) is 9.37. The van der Waals surface area contributed by atoms with Crippen molar-refractivity contribution in [1.29, 1.82) is 0 Å². The van der Waals surface area contributed by atoms with Crippen LogP contribution >= 0.6 is 11.8 Å². The Labute approximate surface area is 178 Å². The first-order valence-electron chi connectivity index (χ1n) is 10.5. The molecule has 0 radical (unpaired) electrons. The van der Waals surface area contributed by atoms with Crippen LogP contribution in [-0.4, -0.2) is 100 Å². The predicted octanol–water partition coefficient (Wildman–Crippen LogP) is 0.243. The summed E-state index contributed by atoms with van der Waals surface area (Å²) >= 11 is 1.25. The molecule has 0 aromatic heterocycles. The molecule has 1 unspecified atom stereocenters. The SMILES string of the molecule is CCC[C@@H]1CC(C(=O)N[C@H](/C(C)=N/CC)[C@H]2O[C@H](SC)[C@H](O)[C@@H](O)[C@H]2O)N(C)C1. The highest BCUT2D eigenvalue weighted by atomic mass is 32.2. The lowest BCUT2D eigenvalue weighted by atomic mass is 9.92. The number of carbonyl (C=O) groups excluding carboxylic acids is 1. The number of aliphatic hydroxyl groups excluding tert-OH is 3. The van der Waals surface area contributed by atoms with Gasteiger partial charge in [0.25, 0.3) is 0 Å². The molecule has 1 amide bonds. The Morgan fingerprint density at radius 3 is 2.55 bits per heavy atom. The minimum Gasteiger partial charge on any atom is -0.387 e. The number of aliphatic hydroxyl groups is 3. The lowest BCUT2D eigenvalue weighted by Crippen LogP contribution is -2.65. The number of aliphatic imine (C=N–C) groups is 1. The summed E-state index contributed by atoms with van der Waals surface area (Å²) < 4.78 is 5.90. The van der Waals surface area contributed by atoms with Gasteiger partial charge in [-0.1, -0.05) is 13.3 Å². The van der Waals surface area contributed by atoms with Gasteiger partial charge in [0.05, 0.1) is 12.1 Å². The molecule has 2 aliphatic heterocycles. The van der Waals surface area contributed by atoms with Crippen LogP contribution in [0.15, 0.2) is 4.99 Å².